The maximum Gasteiger partial charge on any atom is 0.346 e. The molecule has 0 amide bonds. The van der Waals surface area contributed by atoms with E-state index in [0.29, 0.717) is 5.03 Å². The Balaban J connectivity index is 3.22. The minimum Gasteiger partial charge on any atom is -0.311 e. The van der Waals surface area contributed by atoms with Gasteiger partial charge in [0.25, 0.3) is 0 Å². The topological polar surface area (TPSA) is 45.8 Å². The van der Waals surface area contributed by atoms with Crippen LogP contribution >= 0.6 is 27.7 Å². The van der Waals surface area contributed by atoms with Gasteiger partial charge in [-0.05, 0) is 22.2 Å². The van der Waals surface area contributed by atoms with Crippen LogP contribution in [-0.2, 0) is 0 Å². The molecular weight excluding hydrogens is 216 g/mol. The van der Waals surface area contributed by atoms with Gasteiger partial charge in [-0.1, -0.05) is 0 Å². The van der Waals surface area contributed by atoms with Gasteiger partial charge >= 0.3 is 5.69 Å². The largest absolute Gasteiger partial charge is 0.346 e. The highest BCUT2D eigenvalue weighted by molar-refractivity contribution is 9.10. The minimum atomic E-state index is -0.312. The molecule has 0 aliphatic rings. The third-order valence-electron chi connectivity index (χ3n) is 0.923. The summed E-state index contributed by atoms with van der Waals surface area (Å²) >= 11 is 4.67. The lowest BCUT2D eigenvalue weighted by atomic mass is 10.7. The van der Waals surface area contributed by atoms with Crippen molar-refractivity contribution in [3.63, 3.8) is 0 Å². The molecule has 1 aromatic rings. The quantitative estimate of drug-likeness (QED) is 0.573. The number of nitrogens with zero attached hydrogens (tertiary/aromatic N) is 1. The molecule has 0 atom stereocenters. The molecule has 1 heterocycles. The number of aromatic nitrogens is 2. The number of rotatable bonds is 1. The van der Waals surface area contributed by atoms with Gasteiger partial charge in [0, 0.05) is 6.20 Å². The summed E-state index contributed by atoms with van der Waals surface area (Å²) < 4.78 is 0.819. The number of aromatic amines is 1. The molecule has 1 N–H and O–H groups in total. The van der Waals surface area contributed by atoms with Crippen molar-refractivity contribution < 1.29 is 0 Å². The predicted octanol–water partition coefficient (Wildman–Crippen LogP) is 1.25. The van der Waals surface area contributed by atoms with Crippen molar-refractivity contribution in [2.45, 2.75) is 5.03 Å². The smallest absolute Gasteiger partial charge is 0.311 e. The molecule has 10 heavy (non-hydrogen) atoms. The molecule has 1 aromatic heterocycles. The van der Waals surface area contributed by atoms with Gasteiger partial charge in [0.15, 0.2) is 0 Å². The molecular formula is C5H5BrN2OS. The Morgan fingerprint density at radius 2 is 2.50 bits per heavy atom. The van der Waals surface area contributed by atoms with Crippen molar-refractivity contribution in [1.29, 1.82) is 0 Å². The van der Waals surface area contributed by atoms with Crippen molar-refractivity contribution in [2.24, 2.45) is 0 Å². The zero-order valence-electron chi connectivity index (χ0n) is 5.22. The molecule has 0 saturated heterocycles. The van der Waals surface area contributed by atoms with Crippen molar-refractivity contribution in [3.05, 3.63) is 21.2 Å². The summed E-state index contributed by atoms with van der Waals surface area (Å²) in [6.07, 6.45) is 3.45. The van der Waals surface area contributed by atoms with Crippen LogP contribution < -0.4 is 5.69 Å². The van der Waals surface area contributed by atoms with Crippen LogP contribution in [0.25, 0.3) is 0 Å². The van der Waals surface area contributed by atoms with Crippen LogP contribution in [0, 0.1) is 0 Å². The molecule has 3 nitrogen and oxygen atoms in total. The Morgan fingerprint density at radius 1 is 1.80 bits per heavy atom. The Labute approximate surface area is 70.4 Å². The predicted molar refractivity (Wildman–Crippen MR) is 44.3 cm³/mol. The van der Waals surface area contributed by atoms with Crippen molar-refractivity contribution in [3.8, 4) is 0 Å². The van der Waals surface area contributed by atoms with E-state index in [1.807, 2.05) is 6.26 Å². The molecule has 0 aliphatic heterocycles. The Bertz CT molecular complexity index is 285. The lowest BCUT2D eigenvalue weighted by Gasteiger charge is -1.94. The van der Waals surface area contributed by atoms with E-state index in [0.717, 1.165) is 4.47 Å². The summed E-state index contributed by atoms with van der Waals surface area (Å²) in [5, 5.41) is 0.712. The van der Waals surface area contributed by atoms with E-state index >= 15 is 0 Å². The highest BCUT2D eigenvalue weighted by atomic mass is 79.9. The average Bonchev–Trinajstić information content (AvgIpc) is 1.94. The molecule has 1 rings (SSSR count). The summed E-state index contributed by atoms with van der Waals surface area (Å²) in [5.74, 6) is 0. The molecule has 0 unspecified atom stereocenters. The van der Waals surface area contributed by atoms with Crippen LogP contribution in [0.3, 0.4) is 0 Å². The summed E-state index contributed by atoms with van der Waals surface area (Å²) in [6, 6.07) is 0. The fraction of sp³-hybridized carbons (Fsp3) is 0.200. The van der Waals surface area contributed by atoms with Crippen LogP contribution in [0.5, 0.6) is 0 Å². The monoisotopic (exact) mass is 220 g/mol. The number of H-pyrrole nitrogens is 1. The molecule has 0 fully saturated rings. The Hall–Kier alpha value is -0.290. The minimum absolute atomic E-state index is 0.312. The van der Waals surface area contributed by atoms with Crippen molar-refractivity contribution in [1.82, 2.24) is 9.97 Å². The van der Waals surface area contributed by atoms with E-state index in [1.165, 1.54) is 11.8 Å². The number of hydrogen-bond donors (Lipinski definition) is 1. The molecule has 0 spiro atoms. The molecule has 5 heteroatoms. The first-order chi connectivity index (χ1) is 4.74. The molecule has 0 radical (unpaired) electrons. The zero-order valence-corrected chi connectivity index (χ0v) is 7.62. The summed E-state index contributed by atoms with van der Waals surface area (Å²) in [7, 11) is 0. The maximum absolute atomic E-state index is 10.6. The fourth-order valence-electron chi connectivity index (χ4n) is 0.508. The van der Waals surface area contributed by atoms with Crippen LogP contribution in [0.15, 0.2) is 20.5 Å². The second-order valence-corrected chi connectivity index (χ2v) is 3.21. The second-order valence-electron chi connectivity index (χ2n) is 1.56. The Morgan fingerprint density at radius 3 is 3.00 bits per heavy atom. The zero-order chi connectivity index (χ0) is 7.56. The molecule has 0 aromatic carbocycles. The number of thioether (sulfide) groups is 1. The van der Waals surface area contributed by atoms with E-state index < -0.39 is 0 Å². The van der Waals surface area contributed by atoms with Gasteiger partial charge in [-0.3, -0.25) is 0 Å². The second kappa shape index (κ2) is 3.21. The van der Waals surface area contributed by atoms with E-state index in [4.69, 9.17) is 0 Å². The van der Waals surface area contributed by atoms with E-state index in [2.05, 4.69) is 25.9 Å². The van der Waals surface area contributed by atoms with Gasteiger partial charge in [0.2, 0.25) is 0 Å². The maximum atomic E-state index is 10.6. The van der Waals surface area contributed by atoms with E-state index in [9.17, 15) is 4.79 Å². The number of hydrogen-bond acceptors (Lipinski definition) is 3. The van der Waals surface area contributed by atoms with Crippen LogP contribution in [0.4, 0.5) is 0 Å². The molecule has 54 valence electrons. The highest BCUT2D eigenvalue weighted by Crippen LogP contribution is 2.19. The summed E-state index contributed by atoms with van der Waals surface area (Å²) in [4.78, 5) is 16.7. The third-order valence-corrected chi connectivity index (χ3v) is 2.49. The van der Waals surface area contributed by atoms with Gasteiger partial charge in [-0.2, -0.15) is 4.98 Å². The number of halogens is 1. The highest BCUT2D eigenvalue weighted by Gasteiger charge is 1.98. The van der Waals surface area contributed by atoms with Crippen LogP contribution in [0.2, 0.25) is 0 Å². The summed E-state index contributed by atoms with van der Waals surface area (Å²) in [6.45, 7) is 0. The molecule has 0 bridgehead atoms. The van der Waals surface area contributed by atoms with Gasteiger partial charge < -0.3 is 4.98 Å². The van der Waals surface area contributed by atoms with Crippen LogP contribution in [0.1, 0.15) is 0 Å². The number of nitrogens with one attached hydrogen (secondary N) is 1. The van der Waals surface area contributed by atoms with Crippen molar-refractivity contribution >= 4 is 27.7 Å². The normalized spacial score (nSPS) is 9.80. The Kier molecular flexibility index (Phi) is 2.50. The average molecular weight is 221 g/mol. The van der Waals surface area contributed by atoms with Gasteiger partial charge in [-0.25, -0.2) is 4.79 Å². The van der Waals surface area contributed by atoms with Crippen molar-refractivity contribution in [2.75, 3.05) is 6.26 Å². The van der Waals surface area contributed by atoms with Crippen LogP contribution in [-0.4, -0.2) is 16.2 Å². The first-order valence-electron chi connectivity index (χ1n) is 2.53. The third kappa shape index (κ3) is 1.60. The fourth-order valence-corrected chi connectivity index (χ4v) is 1.62. The van der Waals surface area contributed by atoms with Gasteiger partial charge in [-0.15, -0.1) is 11.8 Å². The molecule has 0 aliphatic carbocycles. The first kappa shape index (κ1) is 7.81. The molecule has 0 saturated carbocycles. The standard InChI is InChI=1S/C5H5BrN2OS/c1-10-4-3(6)2-7-5(9)8-4/h2H,1H3,(H,7,8,9). The van der Waals surface area contributed by atoms with E-state index in [-0.39, 0.29) is 5.69 Å². The van der Waals surface area contributed by atoms with Gasteiger partial charge in [0.05, 0.1) is 4.47 Å². The lowest BCUT2D eigenvalue weighted by molar-refractivity contribution is 0.964. The SMILES string of the molecule is CSc1nc(=O)[nH]cc1Br. The van der Waals surface area contributed by atoms with E-state index in [1.54, 1.807) is 6.20 Å². The first-order valence-corrected chi connectivity index (χ1v) is 4.55. The van der Waals surface area contributed by atoms with Gasteiger partial charge in [0.1, 0.15) is 5.03 Å². The summed E-state index contributed by atoms with van der Waals surface area (Å²) in [5.41, 5.74) is -0.312. The lowest BCUT2D eigenvalue weighted by Crippen LogP contribution is -2.09.